The Morgan fingerprint density at radius 3 is 2.48 bits per heavy atom. The number of esters is 1. The Labute approximate surface area is 235 Å². The molecule has 0 bridgehead atoms. The minimum Gasteiger partial charge on any atom is -0.497 e. The van der Waals surface area contributed by atoms with Crippen molar-refractivity contribution in [3.8, 4) is 5.75 Å². The van der Waals surface area contributed by atoms with E-state index in [-0.39, 0.29) is 30.1 Å². The van der Waals surface area contributed by atoms with Crippen molar-refractivity contribution in [3.63, 3.8) is 0 Å². The highest BCUT2D eigenvalue weighted by Crippen LogP contribution is 2.36. The lowest BCUT2D eigenvalue weighted by atomic mass is 10.1. The molecule has 0 spiro atoms. The molecule has 1 aliphatic rings. The van der Waals surface area contributed by atoms with Gasteiger partial charge in [0.15, 0.2) is 0 Å². The zero-order valence-corrected chi connectivity index (χ0v) is 22.7. The molecule has 1 aliphatic heterocycles. The molecule has 2 aromatic carbocycles. The number of carbonyl (C=O) groups excluding carboxylic acids is 4. The van der Waals surface area contributed by atoms with Gasteiger partial charge in [-0.05, 0) is 74.5 Å². The number of methoxy groups -OCH3 is 1. The predicted molar refractivity (Wildman–Crippen MR) is 148 cm³/mol. The van der Waals surface area contributed by atoms with Gasteiger partial charge in [0.25, 0.3) is 5.91 Å². The minimum absolute atomic E-state index is 0.0868. The third-order valence-electron chi connectivity index (χ3n) is 5.89. The summed E-state index contributed by atoms with van der Waals surface area (Å²) in [7, 11) is 1.54. The Hall–Kier alpha value is -4.83. The standard InChI is InChI=1S/C29H26ClN3O7/c1-4-39-29(37)25-17(2)33(20-8-10-21(38-3)11-9-20)28(36)24(25)15-22-12-13-23(40-22)16-31-26(34)27(35)32-19-7-5-6-18(30)14-19/h5-15H,4,16H2,1-3H3,(H,31,34)(H,32,35)/b24-15+. The van der Waals surface area contributed by atoms with Crippen LogP contribution in [0, 0.1) is 0 Å². The number of hydrogen-bond acceptors (Lipinski definition) is 7. The van der Waals surface area contributed by atoms with Crippen molar-refractivity contribution < 1.29 is 33.1 Å². The van der Waals surface area contributed by atoms with Crippen LogP contribution in [-0.4, -0.2) is 37.4 Å². The van der Waals surface area contributed by atoms with Crippen LogP contribution >= 0.6 is 11.6 Å². The number of rotatable bonds is 8. The first-order valence-electron chi connectivity index (χ1n) is 12.2. The fourth-order valence-electron chi connectivity index (χ4n) is 4.03. The highest BCUT2D eigenvalue weighted by atomic mass is 35.5. The Morgan fingerprint density at radius 2 is 1.80 bits per heavy atom. The summed E-state index contributed by atoms with van der Waals surface area (Å²) in [5.41, 5.74) is 1.55. The van der Waals surface area contributed by atoms with Crippen LogP contribution in [-0.2, 0) is 30.5 Å². The Morgan fingerprint density at radius 1 is 1.05 bits per heavy atom. The van der Waals surface area contributed by atoms with Gasteiger partial charge in [-0.15, -0.1) is 0 Å². The lowest BCUT2D eigenvalue weighted by Crippen LogP contribution is -2.34. The second-order valence-electron chi connectivity index (χ2n) is 8.53. The fourth-order valence-corrected chi connectivity index (χ4v) is 4.22. The van der Waals surface area contributed by atoms with E-state index >= 15 is 0 Å². The monoisotopic (exact) mass is 563 g/mol. The van der Waals surface area contributed by atoms with E-state index in [1.165, 1.54) is 17.0 Å². The third kappa shape index (κ3) is 6.24. The summed E-state index contributed by atoms with van der Waals surface area (Å²) in [5.74, 6) is -1.61. The molecule has 11 heteroatoms. The molecule has 10 nitrogen and oxygen atoms in total. The van der Waals surface area contributed by atoms with Crippen LogP contribution < -0.4 is 20.3 Å². The summed E-state index contributed by atoms with van der Waals surface area (Å²) in [5, 5.41) is 5.34. The van der Waals surface area contributed by atoms with E-state index in [0.29, 0.717) is 33.6 Å². The van der Waals surface area contributed by atoms with Gasteiger partial charge in [-0.1, -0.05) is 17.7 Å². The molecule has 0 fully saturated rings. The SMILES string of the molecule is CCOC(=O)C1=C(C)N(c2ccc(OC)cc2)C(=O)/C1=C/c1ccc(CNC(=O)C(=O)Nc2cccc(Cl)c2)o1. The van der Waals surface area contributed by atoms with Crippen LogP contribution in [0.25, 0.3) is 6.08 Å². The number of carbonyl (C=O) groups is 4. The number of halogens is 1. The number of allylic oxidation sites excluding steroid dienone is 1. The average Bonchev–Trinajstić information content (AvgIpc) is 3.48. The van der Waals surface area contributed by atoms with Crippen molar-refractivity contribution in [1.82, 2.24) is 5.32 Å². The number of amides is 3. The van der Waals surface area contributed by atoms with Gasteiger partial charge >= 0.3 is 17.8 Å². The number of nitrogens with zero attached hydrogens (tertiary/aromatic N) is 1. The van der Waals surface area contributed by atoms with Crippen LogP contribution in [0.3, 0.4) is 0 Å². The smallest absolute Gasteiger partial charge is 0.340 e. The minimum atomic E-state index is -0.875. The first-order chi connectivity index (χ1) is 19.2. The summed E-state index contributed by atoms with van der Waals surface area (Å²) < 4.78 is 16.2. The second-order valence-corrected chi connectivity index (χ2v) is 8.97. The van der Waals surface area contributed by atoms with Gasteiger partial charge in [-0.3, -0.25) is 19.3 Å². The number of nitrogens with one attached hydrogen (secondary N) is 2. The average molecular weight is 564 g/mol. The summed E-state index contributed by atoms with van der Waals surface area (Å²) >= 11 is 5.90. The summed E-state index contributed by atoms with van der Waals surface area (Å²) in [4.78, 5) is 52.2. The molecular formula is C29H26ClN3O7. The van der Waals surface area contributed by atoms with Gasteiger partial charge in [0.1, 0.15) is 17.3 Å². The van der Waals surface area contributed by atoms with Crippen LogP contribution in [0.5, 0.6) is 5.75 Å². The Bertz CT molecular complexity index is 1520. The van der Waals surface area contributed by atoms with Crippen molar-refractivity contribution in [1.29, 1.82) is 0 Å². The molecule has 0 radical (unpaired) electrons. The molecule has 0 saturated heterocycles. The largest absolute Gasteiger partial charge is 0.497 e. The lowest BCUT2D eigenvalue weighted by molar-refractivity contribution is -0.138. The van der Waals surface area contributed by atoms with E-state index < -0.39 is 23.7 Å². The number of benzene rings is 2. The van der Waals surface area contributed by atoms with Crippen molar-refractivity contribution in [3.05, 3.63) is 94.1 Å². The van der Waals surface area contributed by atoms with Gasteiger partial charge in [0, 0.05) is 22.1 Å². The van der Waals surface area contributed by atoms with Gasteiger partial charge < -0.3 is 24.5 Å². The predicted octanol–water partition coefficient (Wildman–Crippen LogP) is 4.46. The number of hydrogen-bond donors (Lipinski definition) is 2. The fraction of sp³-hybridized carbons (Fsp3) is 0.172. The second kappa shape index (κ2) is 12.4. The summed E-state index contributed by atoms with van der Waals surface area (Å²) in [6, 6.07) is 16.4. The van der Waals surface area contributed by atoms with Gasteiger partial charge in [-0.25, -0.2) is 4.79 Å². The topological polar surface area (TPSA) is 127 Å². The summed E-state index contributed by atoms with van der Waals surface area (Å²) in [6.07, 6.45) is 1.44. The van der Waals surface area contributed by atoms with Gasteiger partial charge in [-0.2, -0.15) is 0 Å². The lowest BCUT2D eigenvalue weighted by Gasteiger charge is -2.18. The molecule has 2 N–H and O–H groups in total. The van der Waals surface area contributed by atoms with Crippen molar-refractivity contribution in [2.45, 2.75) is 20.4 Å². The molecule has 1 aromatic heterocycles. The van der Waals surface area contributed by atoms with E-state index in [0.717, 1.165) is 0 Å². The number of ether oxygens (including phenoxy) is 2. The van der Waals surface area contributed by atoms with Crippen LogP contribution in [0.1, 0.15) is 25.4 Å². The zero-order chi connectivity index (χ0) is 28.8. The maximum atomic E-state index is 13.5. The third-order valence-corrected chi connectivity index (χ3v) is 6.13. The summed E-state index contributed by atoms with van der Waals surface area (Å²) in [6.45, 7) is 3.38. The molecule has 206 valence electrons. The van der Waals surface area contributed by atoms with E-state index in [2.05, 4.69) is 10.6 Å². The van der Waals surface area contributed by atoms with E-state index in [1.807, 2.05) is 0 Å². The quantitative estimate of drug-likeness (QED) is 0.235. The zero-order valence-electron chi connectivity index (χ0n) is 21.9. The molecule has 3 amide bonds. The normalized spacial score (nSPS) is 13.9. The maximum Gasteiger partial charge on any atom is 0.340 e. The van der Waals surface area contributed by atoms with Crippen LogP contribution in [0.15, 0.2) is 81.9 Å². The van der Waals surface area contributed by atoms with E-state index in [1.54, 1.807) is 75.6 Å². The maximum absolute atomic E-state index is 13.5. The first-order valence-corrected chi connectivity index (χ1v) is 12.6. The van der Waals surface area contributed by atoms with E-state index in [9.17, 15) is 19.2 Å². The first kappa shape index (κ1) is 28.2. The highest BCUT2D eigenvalue weighted by Gasteiger charge is 2.38. The molecule has 3 aromatic rings. The number of furan rings is 1. The van der Waals surface area contributed by atoms with Crippen LogP contribution in [0.2, 0.25) is 5.02 Å². The number of anilines is 2. The molecule has 0 aliphatic carbocycles. The molecule has 0 saturated carbocycles. The van der Waals surface area contributed by atoms with Gasteiger partial charge in [0.2, 0.25) is 0 Å². The molecule has 2 heterocycles. The van der Waals surface area contributed by atoms with Crippen molar-refractivity contribution in [2.75, 3.05) is 23.9 Å². The Balaban J connectivity index is 1.50. The van der Waals surface area contributed by atoms with E-state index in [4.69, 9.17) is 25.5 Å². The van der Waals surface area contributed by atoms with Gasteiger partial charge in [0.05, 0.1) is 31.4 Å². The highest BCUT2D eigenvalue weighted by molar-refractivity contribution is 6.39. The van der Waals surface area contributed by atoms with Crippen molar-refractivity contribution in [2.24, 2.45) is 0 Å². The Kier molecular flexibility index (Phi) is 8.70. The van der Waals surface area contributed by atoms with Crippen molar-refractivity contribution >= 4 is 52.7 Å². The van der Waals surface area contributed by atoms with Crippen LogP contribution in [0.4, 0.5) is 11.4 Å². The molecule has 40 heavy (non-hydrogen) atoms. The molecule has 0 unspecified atom stereocenters. The molecule has 4 rings (SSSR count). The molecule has 0 atom stereocenters. The molecular weight excluding hydrogens is 538 g/mol.